The van der Waals surface area contributed by atoms with Gasteiger partial charge in [-0.15, -0.1) is 0 Å². The van der Waals surface area contributed by atoms with Crippen molar-refractivity contribution in [3.05, 3.63) is 95.1 Å². The van der Waals surface area contributed by atoms with Crippen LogP contribution in [0, 0.1) is 0 Å². The van der Waals surface area contributed by atoms with E-state index in [9.17, 15) is 27.9 Å². The second kappa shape index (κ2) is 10.9. The Morgan fingerprint density at radius 1 is 0.912 bits per heavy atom. The van der Waals surface area contributed by atoms with Crippen molar-refractivity contribution in [1.82, 2.24) is 4.90 Å². The zero-order valence-electron chi connectivity index (χ0n) is 18.5. The first-order valence-electron chi connectivity index (χ1n) is 10.7. The van der Waals surface area contributed by atoms with Gasteiger partial charge in [0.05, 0.1) is 12.0 Å². The summed E-state index contributed by atoms with van der Waals surface area (Å²) in [5.74, 6) is -1.40. The van der Waals surface area contributed by atoms with E-state index in [4.69, 9.17) is 4.74 Å². The van der Waals surface area contributed by atoms with E-state index in [1.807, 2.05) is 6.07 Å². The Kier molecular flexibility index (Phi) is 7.94. The number of aliphatic carboxylic acids is 1. The van der Waals surface area contributed by atoms with Crippen LogP contribution in [0.3, 0.4) is 0 Å². The second-order valence-electron chi connectivity index (χ2n) is 7.61. The highest BCUT2D eigenvalue weighted by Crippen LogP contribution is 2.38. The van der Waals surface area contributed by atoms with Crippen molar-refractivity contribution in [3.63, 3.8) is 0 Å². The largest absolute Gasteiger partial charge is 0.481 e. The lowest BCUT2D eigenvalue weighted by atomic mass is 9.89. The number of hydrogen-bond donors (Lipinski definition) is 1. The molecule has 3 aromatic carbocycles. The normalized spacial score (nSPS) is 11.2. The highest BCUT2D eigenvalue weighted by atomic mass is 19.4. The van der Waals surface area contributed by atoms with E-state index in [2.05, 4.69) is 0 Å². The average molecular weight is 471 g/mol. The number of amides is 1. The summed E-state index contributed by atoms with van der Waals surface area (Å²) < 4.78 is 46.8. The number of halogens is 3. The third-order valence-corrected chi connectivity index (χ3v) is 5.34. The number of rotatable bonds is 8. The minimum atomic E-state index is -4.75. The van der Waals surface area contributed by atoms with Gasteiger partial charge >= 0.3 is 18.2 Å². The van der Waals surface area contributed by atoms with E-state index < -0.39 is 30.2 Å². The van der Waals surface area contributed by atoms with Gasteiger partial charge in [0.25, 0.3) is 0 Å². The molecule has 0 aliphatic heterocycles. The smallest absolute Gasteiger partial charge is 0.416 e. The molecule has 0 saturated carbocycles. The van der Waals surface area contributed by atoms with Gasteiger partial charge in [-0.2, -0.15) is 13.2 Å². The Balaban J connectivity index is 2.03. The van der Waals surface area contributed by atoms with Gasteiger partial charge in [-0.3, -0.25) is 4.79 Å². The fourth-order valence-electron chi connectivity index (χ4n) is 3.69. The number of carbonyl (C=O) groups is 2. The molecule has 1 N–H and O–H groups in total. The lowest BCUT2D eigenvalue weighted by Gasteiger charge is -2.25. The van der Waals surface area contributed by atoms with Gasteiger partial charge in [0.15, 0.2) is 0 Å². The number of hydrogen-bond acceptors (Lipinski definition) is 3. The molecular weight excluding hydrogens is 447 g/mol. The third-order valence-electron chi connectivity index (χ3n) is 5.34. The summed E-state index contributed by atoms with van der Waals surface area (Å²) in [7, 11) is 0. The van der Waals surface area contributed by atoms with E-state index >= 15 is 0 Å². The Morgan fingerprint density at radius 3 is 2.09 bits per heavy atom. The zero-order chi connectivity index (χ0) is 24.7. The van der Waals surface area contributed by atoms with Crippen molar-refractivity contribution in [2.24, 2.45) is 0 Å². The fraction of sp³-hybridized carbons (Fsp3) is 0.231. The predicted molar refractivity (Wildman–Crippen MR) is 121 cm³/mol. The molecule has 5 nitrogen and oxygen atoms in total. The van der Waals surface area contributed by atoms with Crippen molar-refractivity contribution in [2.75, 3.05) is 6.54 Å². The number of carboxylic acid groups (broad SMARTS) is 1. The van der Waals surface area contributed by atoms with Crippen LogP contribution in [0.15, 0.2) is 72.8 Å². The summed E-state index contributed by atoms with van der Waals surface area (Å²) in [6.07, 6.45) is -6.29. The van der Waals surface area contributed by atoms with Crippen LogP contribution in [0.2, 0.25) is 0 Å². The Morgan fingerprint density at radius 2 is 1.53 bits per heavy atom. The molecule has 3 aromatic rings. The first-order valence-corrected chi connectivity index (χ1v) is 10.7. The van der Waals surface area contributed by atoms with Gasteiger partial charge in [-0.25, -0.2) is 4.79 Å². The SMILES string of the molecule is CCN(Cc1c(-c2ccccc2)ccc(C(F)(F)F)c1CC(=O)O)C(=O)OCc1ccccc1. The minimum absolute atomic E-state index is 0.00624. The summed E-state index contributed by atoms with van der Waals surface area (Å²) in [6.45, 7) is 1.61. The van der Waals surface area contributed by atoms with Crippen molar-refractivity contribution in [2.45, 2.75) is 32.7 Å². The van der Waals surface area contributed by atoms with Crippen molar-refractivity contribution >= 4 is 12.1 Å². The summed E-state index contributed by atoms with van der Waals surface area (Å²) >= 11 is 0. The van der Waals surface area contributed by atoms with Crippen LogP contribution in [0.25, 0.3) is 11.1 Å². The highest BCUT2D eigenvalue weighted by molar-refractivity contribution is 5.77. The van der Waals surface area contributed by atoms with Crippen LogP contribution in [-0.4, -0.2) is 28.6 Å². The Hall–Kier alpha value is -3.81. The van der Waals surface area contributed by atoms with E-state index in [0.29, 0.717) is 11.1 Å². The predicted octanol–water partition coefficient (Wildman–Crippen LogP) is 6.16. The Bertz CT molecular complexity index is 1130. The van der Waals surface area contributed by atoms with Crippen LogP contribution in [0.5, 0.6) is 0 Å². The Labute approximate surface area is 195 Å². The van der Waals surface area contributed by atoms with Crippen molar-refractivity contribution in [1.29, 1.82) is 0 Å². The average Bonchev–Trinajstić information content (AvgIpc) is 2.81. The summed E-state index contributed by atoms with van der Waals surface area (Å²) in [4.78, 5) is 25.6. The van der Waals surface area contributed by atoms with Crippen molar-refractivity contribution in [3.8, 4) is 11.1 Å². The molecule has 8 heteroatoms. The molecular formula is C26H24F3NO4. The molecule has 3 rings (SSSR count). The lowest BCUT2D eigenvalue weighted by molar-refractivity contribution is -0.139. The minimum Gasteiger partial charge on any atom is -0.481 e. The quantitative estimate of drug-likeness (QED) is 0.427. The van der Waals surface area contributed by atoms with E-state index in [1.165, 1.54) is 11.0 Å². The molecule has 0 unspecified atom stereocenters. The first kappa shape index (κ1) is 24.8. The van der Waals surface area contributed by atoms with Gasteiger partial charge in [-0.1, -0.05) is 66.7 Å². The van der Waals surface area contributed by atoms with Crippen LogP contribution in [0.1, 0.15) is 29.2 Å². The number of ether oxygens (including phenoxy) is 1. The molecule has 0 heterocycles. The maximum absolute atomic E-state index is 13.8. The molecule has 1 amide bonds. The van der Waals surface area contributed by atoms with Gasteiger partial charge in [0, 0.05) is 13.1 Å². The van der Waals surface area contributed by atoms with Crippen LogP contribution < -0.4 is 0 Å². The van der Waals surface area contributed by atoms with Crippen molar-refractivity contribution < 1.29 is 32.6 Å². The van der Waals surface area contributed by atoms with Crippen LogP contribution in [0.4, 0.5) is 18.0 Å². The zero-order valence-corrected chi connectivity index (χ0v) is 18.5. The van der Waals surface area contributed by atoms with Gasteiger partial charge in [0.2, 0.25) is 0 Å². The molecule has 0 bridgehead atoms. The van der Waals surface area contributed by atoms with Gasteiger partial charge in [0.1, 0.15) is 6.61 Å². The maximum atomic E-state index is 13.8. The molecule has 0 fully saturated rings. The lowest BCUT2D eigenvalue weighted by Crippen LogP contribution is -2.32. The highest BCUT2D eigenvalue weighted by Gasteiger charge is 2.36. The summed E-state index contributed by atoms with van der Waals surface area (Å²) in [6, 6.07) is 19.9. The topological polar surface area (TPSA) is 66.8 Å². The molecule has 0 radical (unpaired) electrons. The van der Waals surface area contributed by atoms with Gasteiger partial charge < -0.3 is 14.7 Å². The van der Waals surface area contributed by atoms with Gasteiger partial charge in [-0.05, 0) is 40.8 Å². The number of carboxylic acids is 1. The number of carbonyl (C=O) groups excluding carboxylic acids is 1. The molecule has 0 aromatic heterocycles. The molecule has 178 valence electrons. The first-order chi connectivity index (χ1) is 16.2. The second-order valence-corrected chi connectivity index (χ2v) is 7.61. The number of nitrogens with zero attached hydrogens (tertiary/aromatic N) is 1. The van der Waals surface area contributed by atoms with E-state index in [-0.39, 0.29) is 30.8 Å². The molecule has 0 aliphatic rings. The standard InChI is InChI=1S/C26H24F3NO4/c1-2-30(25(33)34-17-18-9-5-3-6-10-18)16-22-20(19-11-7-4-8-12-19)13-14-23(26(27,28)29)21(22)15-24(31)32/h3-14H,2,15-17H2,1H3,(H,31,32). The molecule has 0 saturated heterocycles. The molecule has 0 aliphatic carbocycles. The van der Waals surface area contributed by atoms with Crippen LogP contribution >= 0.6 is 0 Å². The third kappa shape index (κ3) is 6.15. The van der Waals surface area contributed by atoms with Crippen LogP contribution in [-0.2, 0) is 35.3 Å². The monoisotopic (exact) mass is 471 g/mol. The molecule has 34 heavy (non-hydrogen) atoms. The fourth-order valence-corrected chi connectivity index (χ4v) is 3.69. The molecule has 0 spiro atoms. The number of benzene rings is 3. The van der Waals surface area contributed by atoms with E-state index in [1.54, 1.807) is 61.5 Å². The molecule has 0 atom stereocenters. The number of alkyl halides is 3. The maximum Gasteiger partial charge on any atom is 0.416 e. The van der Waals surface area contributed by atoms with E-state index in [0.717, 1.165) is 11.6 Å². The summed E-state index contributed by atoms with van der Waals surface area (Å²) in [5.41, 5.74) is 0.545. The summed E-state index contributed by atoms with van der Waals surface area (Å²) in [5, 5.41) is 9.38.